The number of hydrogen-bond donors (Lipinski definition) is 1. The van der Waals surface area contributed by atoms with Crippen LogP contribution < -0.4 is 5.32 Å². The third-order valence-corrected chi connectivity index (χ3v) is 3.91. The summed E-state index contributed by atoms with van der Waals surface area (Å²) in [7, 11) is 2.27. The highest BCUT2D eigenvalue weighted by atomic mass is 15.3. The Kier molecular flexibility index (Phi) is 7.82. The van der Waals surface area contributed by atoms with E-state index in [4.69, 9.17) is 0 Å². The van der Waals surface area contributed by atoms with Crippen LogP contribution in [0.15, 0.2) is 0 Å². The summed E-state index contributed by atoms with van der Waals surface area (Å²) in [6, 6.07) is 0.783. The first kappa shape index (κ1) is 14.9. The molecule has 1 unspecified atom stereocenters. The van der Waals surface area contributed by atoms with Gasteiger partial charge in [0.05, 0.1) is 0 Å². The molecule has 1 atom stereocenters. The van der Waals surface area contributed by atoms with E-state index in [1.165, 1.54) is 58.4 Å². The Morgan fingerprint density at radius 3 is 2.65 bits per heavy atom. The van der Waals surface area contributed by atoms with Gasteiger partial charge in [-0.3, -0.25) is 0 Å². The smallest absolute Gasteiger partial charge is 0.0218 e. The van der Waals surface area contributed by atoms with E-state index in [9.17, 15) is 0 Å². The van der Waals surface area contributed by atoms with Crippen molar-refractivity contribution in [2.75, 3.05) is 46.3 Å². The fraction of sp³-hybridized carbons (Fsp3) is 1.00. The molecule has 1 aliphatic rings. The first-order chi connectivity index (χ1) is 8.27. The topological polar surface area (TPSA) is 18.5 Å². The second kappa shape index (κ2) is 8.90. The van der Waals surface area contributed by atoms with Crippen LogP contribution in [0.3, 0.4) is 0 Å². The van der Waals surface area contributed by atoms with Gasteiger partial charge in [-0.1, -0.05) is 20.3 Å². The van der Waals surface area contributed by atoms with Crippen LogP contribution in [0.25, 0.3) is 0 Å². The van der Waals surface area contributed by atoms with Crippen LogP contribution in [-0.2, 0) is 0 Å². The first-order valence-electron chi connectivity index (χ1n) is 7.41. The lowest BCUT2D eigenvalue weighted by Gasteiger charge is -2.39. The number of nitrogens with zero attached hydrogens (tertiary/aromatic N) is 2. The summed E-state index contributed by atoms with van der Waals surface area (Å²) in [4.78, 5) is 5.17. The maximum atomic E-state index is 3.39. The SMILES string of the molecule is CCNCCCCCN1CCN(C)C(CC)C1. The van der Waals surface area contributed by atoms with Crippen molar-refractivity contribution in [3.8, 4) is 0 Å². The third-order valence-electron chi connectivity index (χ3n) is 3.91. The summed E-state index contributed by atoms with van der Waals surface area (Å²) in [6.07, 6.45) is 5.36. The lowest BCUT2D eigenvalue weighted by atomic mass is 10.1. The number of hydrogen-bond acceptors (Lipinski definition) is 3. The normalized spacial score (nSPS) is 23.1. The average molecular weight is 241 g/mol. The van der Waals surface area contributed by atoms with Gasteiger partial charge in [-0.25, -0.2) is 0 Å². The molecule has 0 radical (unpaired) electrons. The summed E-state index contributed by atoms with van der Waals surface area (Å²) in [5.41, 5.74) is 0. The summed E-state index contributed by atoms with van der Waals surface area (Å²) in [5.74, 6) is 0. The van der Waals surface area contributed by atoms with Gasteiger partial charge in [0.25, 0.3) is 0 Å². The van der Waals surface area contributed by atoms with Gasteiger partial charge < -0.3 is 15.1 Å². The average Bonchev–Trinajstić information content (AvgIpc) is 2.35. The van der Waals surface area contributed by atoms with Crippen LogP contribution in [0.2, 0.25) is 0 Å². The van der Waals surface area contributed by atoms with Crippen molar-refractivity contribution in [1.82, 2.24) is 15.1 Å². The number of piperazine rings is 1. The monoisotopic (exact) mass is 241 g/mol. The van der Waals surface area contributed by atoms with Gasteiger partial charge >= 0.3 is 0 Å². The molecule has 1 rings (SSSR count). The largest absolute Gasteiger partial charge is 0.317 e. The lowest BCUT2D eigenvalue weighted by Crippen LogP contribution is -2.51. The van der Waals surface area contributed by atoms with Crippen LogP contribution in [-0.4, -0.2) is 62.2 Å². The Morgan fingerprint density at radius 1 is 1.12 bits per heavy atom. The maximum Gasteiger partial charge on any atom is 0.0218 e. The molecular weight excluding hydrogens is 210 g/mol. The van der Waals surface area contributed by atoms with Crippen molar-refractivity contribution in [3.05, 3.63) is 0 Å². The molecule has 1 heterocycles. The van der Waals surface area contributed by atoms with Crippen molar-refractivity contribution in [3.63, 3.8) is 0 Å². The molecule has 1 N–H and O–H groups in total. The van der Waals surface area contributed by atoms with Crippen molar-refractivity contribution in [2.45, 2.75) is 45.6 Å². The molecule has 0 aromatic rings. The van der Waals surface area contributed by atoms with Gasteiger partial charge in [-0.2, -0.15) is 0 Å². The fourth-order valence-electron chi connectivity index (χ4n) is 2.59. The van der Waals surface area contributed by atoms with E-state index in [1.807, 2.05) is 0 Å². The minimum atomic E-state index is 0.783. The number of likely N-dealkylation sites (N-methyl/N-ethyl adjacent to an activating group) is 1. The zero-order valence-corrected chi connectivity index (χ0v) is 12.0. The second-order valence-electron chi connectivity index (χ2n) is 5.26. The molecule has 1 saturated heterocycles. The Balaban J connectivity index is 2.03. The Bertz CT molecular complexity index is 184. The zero-order chi connectivity index (χ0) is 12.5. The minimum absolute atomic E-state index is 0.783. The molecule has 0 aromatic carbocycles. The predicted octanol–water partition coefficient (Wildman–Crippen LogP) is 1.79. The molecule has 0 aromatic heterocycles. The summed E-state index contributed by atoms with van der Waals surface area (Å²) >= 11 is 0. The molecule has 3 nitrogen and oxygen atoms in total. The number of unbranched alkanes of at least 4 members (excludes halogenated alkanes) is 2. The van der Waals surface area contributed by atoms with E-state index in [0.29, 0.717) is 0 Å². The molecular formula is C14H31N3. The van der Waals surface area contributed by atoms with Crippen LogP contribution in [0.4, 0.5) is 0 Å². The molecule has 3 heteroatoms. The van der Waals surface area contributed by atoms with Gasteiger partial charge in [0.2, 0.25) is 0 Å². The lowest BCUT2D eigenvalue weighted by molar-refractivity contribution is 0.0920. The van der Waals surface area contributed by atoms with E-state index < -0.39 is 0 Å². The first-order valence-corrected chi connectivity index (χ1v) is 7.41. The molecule has 0 aliphatic carbocycles. The Labute approximate surface area is 108 Å². The van der Waals surface area contributed by atoms with Gasteiger partial charge in [-0.05, 0) is 45.9 Å². The highest BCUT2D eigenvalue weighted by molar-refractivity contribution is 4.78. The zero-order valence-electron chi connectivity index (χ0n) is 12.0. The van der Waals surface area contributed by atoms with Gasteiger partial charge in [-0.15, -0.1) is 0 Å². The van der Waals surface area contributed by atoms with E-state index in [0.717, 1.165) is 12.6 Å². The van der Waals surface area contributed by atoms with Crippen LogP contribution in [0.5, 0.6) is 0 Å². The van der Waals surface area contributed by atoms with Gasteiger partial charge in [0.15, 0.2) is 0 Å². The molecule has 1 fully saturated rings. The van der Waals surface area contributed by atoms with Gasteiger partial charge in [0, 0.05) is 25.7 Å². The van der Waals surface area contributed by atoms with Crippen molar-refractivity contribution >= 4 is 0 Å². The Morgan fingerprint density at radius 2 is 1.94 bits per heavy atom. The molecule has 17 heavy (non-hydrogen) atoms. The molecule has 0 bridgehead atoms. The van der Waals surface area contributed by atoms with E-state index in [2.05, 4.69) is 36.0 Å². The van der Waals surface area contributed by atoms with Crippen molar-refractivity contribution < 1.29 is 0 Å². The van der Waals surface area contributed by atoms with Crippen molar-refractivity contribution in [1.29, 1.82) is 0 Å². The van der Waals surface area contributed by atoms with E-state index in [1.54, 1.807) is 0 Å². The van der Waals surface area contributed by atoms with Crippen molar-refractivity contribution in [2.24, 2.45) is 0 Å². The quantitative estimate of drug-likeness (QED) is 0.654. The molecule has 0 amide bonds. The molecule has 1 aliphatic heterocycles. The molecule has 0 saturated carbocycles. The standard InChI is InChI=1S/C14H31N3/c1-4-14-13-17(12-11-16(14)3)10-8-6-7-9-15-5-2/h14-15H,4-13H2,1-3H3. The van der Waals surface area contributed by atoms with Crippen LogP contribution in [0, 0.1) is 0 Å². The second-order valence-corrected chi connectivity index (χ2v) is 5.26. The molecule has 102 valence electrons. The highest BCUT2D eigenvalue weighted by Gasteiger charge is 2.21. The summed E-state index contributed by atoms with van der Waals surface area (Å²) in [6.45, 7) is 11.9. The fourth-order valence-corrected chi connectivity index (χ4v) is 2.59. The highest BCUT2D eigenvalue weighted by Crippen LogP contribution is 2.11. The Hall–Kier alpha value is -0.120. The predicted molar refractivity (Wildman–Crippen MR) is 75.5 cm³/mol. The van der Waals surface area contributed by atoms with E-state index >= 15 is 0 Å². The van der Waals surface area contributed by atoms with E-state index in [-0.39, 0.29) is 0 Å². The number of nitrogens with one attached hydrogen (secondary N) is 1. The third kappa shape index (κ3) is 5.84. The van der Waals surface area contributed by atoms with Gasteiger partial charge in [0.1, 0.15) is 0 Å². The minimum Gasteiger partial charge on any atom is -0.317 e. The van der Waals surface area contributed by atoms with Crippen LogP contribution in [0.1, 0.15) is 39.5 Å². The maximum absolute atomic E-state index is 3.39. The number of rotatable bonds is 8. The molecule has 0 spiro atoms. The summed E-state index contributed by atoms with van der Waals surface area (Å²) < 4.78 is 0. The summed E-state index contributed by atoms with van der Waals surface area (Å²) in [5, 5.41) is 3.39. The van der Waals surface area contributed by atoms with Crippen LogP contribution >= 0.6 is 0 Å².